The molecule has 0 saturated carbocycles. The molecule has 0 fully saturated rings. The van der Waals surface area contributed by atoms with Crippen molar-refractivity contribution in [3.8, 4) is 0 Å². The van der Waals surface area contributed by atoms with Gasteiger partial charge in [0, 0.05) is 19.6 Å². The first-order valence-corrected chi connectivity index (χ1v) is 5.26. The van der Waals surface area contributed by atoms with Gasteiger partial charge >= 0.3 is 0 Å². The minimum atomic E-state index is 0.903. The van der Waals surface area contributed by atoms with Crippen LogP contribution < -0.4 is 0 Å². The smallest absolute Gasteiger partial charge is 0.0240 e. The van der Waals surface area contributed by atoms with Gasteiger partial charge in [-0.15, -0.1) is 13.2 Å². The van der Waals surface area contributed by atoms with Gasteiger partial charge < -0.3 is 0 Å². The van der Waals surface area contributed by atoms with Crippen LogP contribution >= 0.6 is 0 Å². The zero-order valence-electron chi connectivity index (χ0n) is 9.45. The van der Waals surface area contributed by atoms with Gasteiger partial charge in [-0.3, -0.25) is 4.90 Å². The summed E-state index contributed by atoms with van der Waals surface area (Å²) in [5.41, 5.74) is 2.64. The lowest BCUT2D eigenvalue weighted by atomic mass is 10.1. The van der Waals surface area contributed by atoms with Crippen LogP contribution in [0.3, 0.4) is 0 Å². The molecule has 80 valence electrons. The zero-order valence-corrected chi connectivity index (χ0v) is 9.45. The SMILES string of the molecule is C=CCN(CC=C)Cc1ccc(C)cc1. The highest BCUT2D eigenvalue weighted by Crippen LogP contribution is 2.06. The molecule has 0 atom stereocenters. The summed E-state index contributed by atoms with van der Waals surface area (Å²) in [6, 6.07) is 8.65. The maximum atomic E-state index is 3.76. The Balaban J connectivity index is 2.60. The molecule has 1 heteroatoms. The second-order valence-corrected chi connectivity index (χ2v) is 3.76. The highest BCUT2D eigenvalue weighted by Gasteiger charge is 2.01. The standard InChI is InChI=1S/C14H19N/c1-4-10-15(11-5-2)12-14-8-6-13(3)7-9-14/h4-9H,1-2,10-12H2,3H3. The first-order chi connectivity index (χ1) is 7.26. The van der Waals surface area contributed by atoms with Crippen LogP contribution in [0.25, 0.3) is 0 Å². The van der Waals surface area contributed by atoms with Crippen molar-refractivity contribution in [2.45, 2.75) is 13.5 Å². The molecule has 1 nitrogen and oxygen atoms in total. The van der Waals surface area contributed by atoms with Gasteiger partial charge in [0.2, 0.25) is 0 Å². The molecule has 0 radical (unpaired) electrons. The summed E-state index contributed by atoms with van der Waals surface area (Å²) in [5, 5.41) is 0. The second-order valence-electron chi connectivity index (χ2n) is 3.76. The number of hydrogen-bond donors (Lipinski definition) is 0. The Bertz CT molecular complexity index is 301. The lowest BCUT2D eigenvalue weighted by Crippen LogP contribution is -2.23. The summed E-state index contributed by atoms with van der Waals surface area (Å²) in [4.78, 5) is 2.30. The number of nitrogens with zero attached hydrogens (tertiary/aromatic N) is 1. The van der Waals surface area contributed by atoms with Gasteiger partial charge in [0.25, 0.3) is 0 Å². The molecule has 0 heterocycles. The number of hydrogen-bond acceptors (Lipinski definition) is 1. The zero-order chi connectivity index (χ0) is 11.1. The van der Waals surface area contributed by atoms with E-state index in [0.717, 1.165) is 19.6 Å². The monoisotopic (exact) mass is 201 g/mol. The predicted molar refractivity (Wildman–Crippen MR) is 66.9 cm³/mol. The topological polar surface area (TPSA) is 3.24 Å². The Morgan fingerprint density at radius 3 is 2.07 bits per heavy atom. The van der Waals surface area contributed by atoms with Crippen molar-refractivity contribution in [3.63, 3.8) is 0 Å². The van der Waals surface area contributed by atoms with E-state index in [9.17, 15) is 0 Å². The summed E-state index contributed by atoms with van der Waals surface area (Å²) < 4.78 is 0. The van der Waals surface area contributed by atoms with E-state index in [1.807, 2.05) is 12.2 Å². The van der Waals surface area contributed by atoms with Crippen LogP contribution in [0.5, 0.6) is 0 Å². The third-order valence-corrected chi connectivity index (χ3v) is 2.30. The molecule has 0 aliphatic heterocycles. The molecule has 0 aliphatic rings. The molecule has 15 heavy (non-hydrogen) atoms. The van der Waals surface area contributed by atoms with Crippen LogP contribution in [0.1, 0.15) is 11.1 Å². The van der Waals surface area contributed by atoms with Gasteiger partial charge in [0.15, 0.2) is 0 Å². The fourth-order valence-corrected chi connectivity index (χ4v) is 1.52. The van der Waals surface area contributed by atoms with Crippen molar-refractivity contribution in [1.82, 2.24) is 4.90 Å². The summed E-state index contributed by atoms with van der Waals surface area (Å²) in [7, 11) is 0. The third-order valence-electron chi connectivity index (χ3n) is 2.30. The number of aryl methyl sites for hydroxylation is 1. The molecular formula is C14H19N. The third kappa shape index (κ3) is 4.13. The molecule has 0 bridgehead atoms. The van der Waals surface area contributed by atoms with Gasteiger partial charge in [0.05, 0.1) is 0 Å². The Kier molecular flexibility index (Phi) is 4.85. The average Bonchev–Trinajstić information content (AvgIpc) is 2.22. The molecule has 1 aromatic rings. The van der Waals surface area contributed by atoms with Crippen molar-refractivity contribution in [2.24, 2.45) is 0 Å². The highest BCUT2D eigenvalue weighted by molar-refractivity contribution is 5.21. The largest absolute Gasteiger partial charge is 0.292 e. The van der Waals surface area contributed by atoms with Crippen LogP contribution in [0.15, 0.2) is 49.6 Å². The Morgan fingerprint density at radius 1 is 1.07 bits per heavy atom. The maximum absolute atomic E-state index is 3.76. The van der Waals surface area contributed by atoms with E-state index < -0.39 is 0 Å². The predicted octanol–water partition coefficient (Wildman–Crippen LogP) is 3.17. The quantitative estimate of drug-likeness (QED) is 0.639. The summed E-state index contributed by atoms with van der Waals surface area (Å²) in [6.07, 6.45) is 3.86. The lowest BCUT2D eigenvalue weighted by Gasteiger charge is -2.18. The van der Waals surface area contributed by atoms with E-state index >= 15 is 0 Å². The molecule has 0 saturated heterocycles. The van der Waals surface area contributed by atoms with Crippen molar-refractivity contribution < 1.29 is 0 Å². The number of rotatable bonds is 6. The van der Waals surface area contributed by atoms with Gasteiger partial charge in [0.1, 0.15) is 0 Å². The van der Waals surface area contributed by atoms with Crippen molar-refractivity contribution in [2.75, 3.05) is 13.1 Å². The Morgan fingerprint density at radius 2 is 1.60 bits per heavy atom. The Labute approximate surface area is 92.7 Å². The van der Waals surface area contributed by atoms with E-state index in [2.05, 4.69) is 49.2 Å². The lowest BCUT2D eigenvalue weighted by molar-refractivity contribution is 0.328. The van der Waals surface area contributed by atoms with Gasteiger partial charge in [-0.2, -0.15) is 0 Å². The summed E-state index contributed by atoms with van der Waals surface area (Å²) in [5.74, 6) is 0. The fraction of sp³-hybridized carbons (Fsp3) is 0.286. The minimum absolute atomic E-state index is 0.903. The second kappa shape index (κ2) is 6.20. The van der Waals surface area contributed by atoms with E-state index in [1.54, 1.807) is 0 Å². The minimum Gasteiger partial charge on any atom is -0.292 e. The molecule has 0 N–H and O–H groups in total. The van der Waals surface area contributed by atoms with E-state index in [0.29, 0.717) is 0 Å². The average molecular weight is 201 g/mol. The van der Waals surface area contributed by atoms with Crippen molar-refractivity contribution >= 4 is 0 Å². The molecule has 0 aromatic heterocycles. The van der Waals surface area contributed by atoms with Crippen molar-refractivity contribution in [1.29, 1.82) is 0 Å². The van der Waals surface area contributed by atoms with E-state index in [-0.39, 0.29) is 0 Å². The first kappa shape index (κ1) is 11.7. The normalized spacial score (nSPS) is 10.3. The first-order valence-electron chi connectivity index (χ1n) is 5.26. The molecule has 0 amide bonds. The fourth-order valence-electron chi connectivity index (χ4n) is 1.52. The molecular weight excluding hydrogens is 182 g/mol. The van der Waals surface area contributed by atoms with Gasteiger partial charge in [-0.05, 0) is 12.5 Å². The van der Waals surface area contributed by atoms with Crippen LogP contribution in [0.2, 0.25) is 0 Å². The van der Waals surface area contributed by atoms with Crippen LogP contribution in [0, 0.1) is 6.92 Å². The van der Waals surface area contributed by atoms with E-state index in [4.69, 9.17) is 0 Å². The number of benzene rings is 1. The van der Waals surface area contributed by atoms with E-state index in [1.165, 1.54) is 11.1 Å². The summed E-state index contributed by atoms with van der Waals surface area (Å²) >= 11 is 0. The molecule has 0 aliphatic carbocycles. The van der Waals surface area contributed by atoms with Crippen molar-refractivity contribution in [3.05, 3.63) is 60.7 Å². The Hall–Kier alpha value is -1.34. The van der Waals surface area contributed by atoms with Crippen LogP contribution in [-0.2, 0) is 6.54 Å². The van der Waals surface area contributed by atoms with Crippen LogP contribution in [-0.4, -0.2) is 18.0 Å². The molecule has 0 spiro atoms. The molecule has 1 rings (SSSR count). The van der Waals surface area contributed by atoms with Crippen LogP contribution in [0.4, 0.5) is 0 Å². The highest BCUT2D eigenvalue weighted by atomic mass is 15.1. The van der Waals surface area contributed by atoms with Gasteiger partial charge in [-0.1, -0.05) is 42.0 Å². The maximum Gasteiger partial charge on any atom is 0.0240 e. The van der Waals surface area contributed by atoms with Gasteiger partial charge in [-0.25, -0.2) is 0 Å². The molecule has 1 aromatic carbocycles. The molecule has 0 unspecified atom stereocenters. The summed E-state index contributed by atoms with van der Waals surface area (Å²) in [6.45, 7) is 12.4.